The Morgan fingerprint density at radius 2 is 2.26 bits per heavy atom. The van der Waals surface area contributed by atoms with E-state index in [0.717, 1.165) is 18.7 Å². The summed E-state index contributed by atoms with van der Waals surface area (Å²) in [5, 5.41) is 3.53. The fourth-order valence-corrected chi connectivity index (χ4v) is 2.79. The fourth-order valence-electron chi connectivity index (χ4n) is 2.15. The monoisotopic (exact) mass is 276 g/mol. The van der Waals surface area contributed by atoms with Crippen LogP contribution in [-0.2, 0) is 6.42 Å². The summed E-state index contributed by atoms with van der Waals surface area (Å²) in [7, 11) is 1.72. The number of thiazole rings is 1. The average Bonchev–Trinajstić information content (AvgIpc) is 2.92. The molecule has 1 aromatic carbocycles. The Morgan fingerprint density at radius 1 is 1.42 bits per heavy atom. The van der Waals surface area contributed by atoms with E-state index in [0.29, 0.717) is 6.04 Å². The summed E-state index contributed by atoms with van der Waals surface area (Å²) in [6.07, 6.45) is 2.91. The Labute approximate surface area is 118 Å². The van der Waals surface area contributed by atoms with Crippen molar-refractivity contribution in [2.75, 3.05) is 13.7 Å². The number of benzene rings is 1. The minimum atomic E-state index is 0.306. The van der Waals surface area contributed by atoms with Gasteiger partial charge in [0.1, 0.15) is 5.75 Å². The predicted octanol–water partition coefficient (Wildman–Crippen LogP) is 3.35. The molecular formula is C15H20N2OS. The second-order valence-electron chi connectivity index (χ2n) is 4.51. The smallest absolute Gasteiger partial charge is 0.122 e. The highest BCUT2D eigenvalue weighted by molar-refractivity contribution is 7.09. The molecule has 4 heteroatoms. The maximum atomic E-state index is 5.41. The number of hydrogen-bond donors (Lipinski definition) is 1. The number of nitrogens with one attached hydrogen (secondary N) is 1. The summed E-state index contributed by atoms with van der Waals surface area (Å²) < 4.78 is 5.41. The Balaban J connectivity index is 2.22. The van der Waals surface area contributed by atoms with Crippen molar-refractivity contribution in [2.24, 2.45) is 0 Å². The largest absolute Gasteiger partial charge is 0.496 e. The lowest BCUT2D eigenvalue weighted by Crippen LogP contribution is -2.22. The summed E-state index contributed by atoms with van der Waals surface area (Å²) in [5.74, 6) is 0.949. The molecule has 2 aromatic rings. The first-order chi connectivity index (χ1) is 9.24. The van der Waals surface area contributed by atoms with Crippen molar-refractivity contribution in [1.29, 1.82) is 0 Å². The van der Waals surface area contributed by atoms with E-state index in [-0.39, 0.29) is 0 Å². The van der Waals surface area contributed by atoms with Crippen LogP contribution >= 0.6 is 11.3 Å². The van der Waals surface area contributed by atoms with Crippen molar-refractivity contribution in [1.82, 2.24) is 10.3 Å². The molecule has 3 nitrogen and oxygen atoms in total. The maximum Gasteiger partial charge on any atom is 0.122 e. The SMILES string of the molecule is CCNC(Cc1cncs1)c1ccc(C)c(OC)c1. The van der Waals surface area contributed by atoms with Gasteiger partial charge in [-0.15, -0.1) is 11.3 Å². The second kappa shape index (κ2) is 6.68. The Hall–Kier alpha value is -1.39. The van der Waals surface area contributed by atoms with Crippen molar-refractivity contribution < 1.29 is 4.74 Å². The number of nitrogens with zero attached hydrogens (tertiary/aromatic N) is 1. The van der Waals surface area contributed by atoms with E-state index < -0.39 is 0 Å². The molecule has 102 valence electrons. The normalized spacial score (nSPS) is 12.4. The van der Waals surface area contributed by atoms with Gasteiger partial charge in [-0.25, -0.2) is 0 Å². The second-order valence-corrected chi connectivity index (χ2v) is 5.48. The van der Waals surface area contributed by atoms with E-state index in [4.69, 9.17) is 4.74 Å². The van der Waals surface area contributed by atoms with Gasteiger partial charge in [-0.1, -0.05) is 19.1 Å². The van der Waals surface area contributed by atoms with Crippen LogP contribution in [0.5, 0.6) is 5.75 Å². The zero-order valence-corrected chi connectivity index (χ0v) is 12.5. The van der Waals surface area contributed by atoms with Crippen LogP contribution in [0.2, 0.25) is 0 Å². The van der Waals surface area contributed by atoms with E-state index in [1.165, 1.54) is 16.0 Å². The van der Waals surface area contributed by atoms with Gasteiger partial charge >= 0.3 is 0 Å². The van der Waals surface area contributed by atoms with Crippen LogP contribution in [0.15, 0.2) is 29.9 Å². The molecule has 0 saturated heterocycles. The highest BCUT2D eigenvalue weighted by Crippen LogP contribution is 2.26. The minimum Gasteiger partial charge on any atom is -0.496 e. The first-order valence-corrected chi connectivity index (χ1v) is 7.37. The lowest BCUT2D eigenvalue weighted by atomic mass is 10.0. The van der Waals surface area contributed by atoms with Crippen LogP contribution in [0.1, 0.15) is 29.0 Å². The fraction of sp³-hybridized carbons (Fsp3) is 0.400. The molecule has 19 heavy (non-hydrogen) atoms. The third-order valence-corrected chi connectivity index (χ3v) is 3.98. The summed E-state index contributed by atoms with van der Waals surface area (Å²) in [4.78, 5) is 5.44. The molecule has 0 saturated carbocycles. The molecule has 1 aromatic heterocycles. The number of methoxy groups -OCH3 is 1. The zero-order valence-electron chi connectivity index (χ0n) is 11.6. The summed E-state index contributed by atoms with van der Waals surface area (Å²) >= 11 is 1.70. The van der Waals surface area contributed by atoms with Crippen molar-refractivity contribution in [2.45, 2.75) is 26.3 Å². The van der Waals surface area contributed by atoms with Gasteiger partial charge in [-0.2, -0.15) is 0 Å². The summed E-state index contributed by atoms with van der Waals surface area (Å²) in [5.41, 5.74) is 4.31. The first kappa shape index (κ1) is 14.0. The first-order valence-electron chi connectivity index (χ1n) is 6.50. The van der Waals surface area contributed by atoms with Gasteiger partial charge < -0.3 is 10.1 Å². The van der Waals surface area contributed by atoms with Crippen LogP contribution in [0, 0.1) is 6.92 Å². The highest BCUT2D eigenvalue weighted by atomic mass is 32.1. The maximum absolute atomic E-state index is 5.41. The van der Waals surface area contributed by atoms with Crippen LogP contribution < -0.4 is 10.1 Å². The average molecular weight is 276 g/mol. The molecule has 0 spiro atoms. The van der Waals surface area contributed by atoms with Crippen LogP contribution in [0.25, 0.3) is 0 Å². The van der Waals surface area contributed by atoms with Gasteiger partial charge in [0.05, 0.1) is 12.6 Å². The van der Waals surface area contributed by atoms with E-state index in [9.17, 15) is 0 Å². The Morgan fingerprint density at radius 3 is 2.89 bits per heavy atom. The molecule has 1 unspecified atom stereocenters. The highest BCUT2D eigenvalue weighted by Gasteiger charge is 2.13. The summed E-state index contributed by atoms with van der Waals surface area (Å²) in [6, 6.07) is 6.72. The Bertz CT molecular complexity index is 511. The molecule has 0 amide bonds. The molecule has 1 heterocycles. The van der Waals surface area contributed by atoms with E-state index in [1.54, 1.807) is 18.4 Å². The molecular weight excluding hydrogens is 256 g/mol. The number of aromatic nitrogens is 1. The topological polar surface area (TPSA) is 34.2 Å². The molecule has 1 N–H and O–H groups in total. The number of aryl methyl sites for hydroxylation is 1. The molecule has 0 bridgehead atoms. The lowest BCUT2D eigenvalue weighted by Gasteiger charge is -2.19. The van der Waals surface area contributed by atoms with Gasteiger partial charge in [-0.3, -0.25) is 4.98 Å². The number of rotatable bonds is 6. The van der Waals surface area contributed by atoms with Crippen LogP contribution in [0.3, 0.4) is 0 Å². The van der Waals surface area contributed by atoms with E-state index in [1.807, 2.05) is 11.7 Å². The molecule has 0 aliphatic heterocycles. The molecule has 2 rings (SSSR count). The molecule has 0 aliphatic carbocycles. The predicted molar refractivity (Wildman–Crippen MR) is 80.0 cm³/mol. The number of likely N-dealkylation sites (N-methyl/N-ethyl adjacent to an activating group) is 1. The third-order valence-electron chi connectivity index (χ3n) is 3.17. The van der Waals surface area contributed by atoms with Gasteiger partial charge in [0, 0.05) is 23.5 Å². The van der Waals surface area contributed by atoms with Crippen molar-refractivity contribution >= 4 is 11.3 Å². The number of hydrogen-bond acceptors (Lipinski definition) is 4. The quantitative estimate of drug-likeness (QED) is 0.878. The molecule has 0 fully saturated rings. The van der Waals surface area contributed by atoms with Crippen LogP contribution in [-0.4, -0.2) is 18.6 Å². The molecule has 0 aliphatic rings. The van der Waals surface area contributed by atoms with Gasteiger partial charge in [-0.05, 0) is 30.7 Å². The van der Waals surface area contributed by atoms with Crippen molar-refractivity contribution in [3.05, 3.63) is 45.9 Å². The lowest BCUT2D eigenvalue weighted by molar-refractivity contribution is 0.410. The zero-order chi connectivity index (χ0) is 13.7. The minimum absolute atomic E-state index is 0.306. The Kier molecular flexibility index (Phi) is 4.93. The van der Waals surface area contributed by atoms with Gasteiger partial charge in [0.15, 0.2) is 0 Å². The van der Waals surface area contributed by atoms with Gasteiger partial charge in [0.25, 0.3) is 0 Å². The summed E-state index contributed by atoms with van der Waals surface area (Å²) in [6.45, 7) is 5.14. The van der Waals surface area contributed by atoms with Gasteiger partial charge in [0.2, 0.25) is 0 Å². The molecule has 0 radical (unpaired) electrons. The van der Waals surface area contributed by atoms with Crippen molar-refractivity contribution in [3.63, 3.8) is 0 Å². The third kappa shape index (κ3) is 3.55. The van der Waals surface area contributed by atoms with E-state index >= 15 is 0 Å². The van der Waals surface area contributed by atoms with Crippen molar-refractivity contribution in [3.8, 4) is 5.75 Å². The molecule has 1 atom stereocenters. The number of ether oxygens (including phenoxy) is 1. The standard InChI is InChI=1S/C15H20N2OS/c1-4-17-14(8-13-9-16-10-19-13)12-6-5-11(2)15(7-12)18-3/h5-7,9-10,14,17H,4,8H2,1-3H3. The van der Waals surface area contributed by atoms with Crippen LogP contribution in [0.4, 0.5) is 0 Å². The van der Waals surface area contributed by atoms with E-state index in [2.05, 4.69) is 42.3 Å².